The first kappa shape index (κ1) is 14.9. The SMILES string of the molecule is Brc1cccc(CN2CCN(CC3CC4C=CC3C4)CC2)c1. The third-order valence-electron chi connectivity index (χ3n) is 5.67. The molecule has 1 saturated heterocycles. The van der Waals surface area contributed by atoms with E-state index in [1.165, 1.54) is 55.6 Å². The van der Waals surface area contributed by atoms with Crippen LogP contribution in [0.2, 0.25) is 0 Å². The van der Waals surface area contributed by atoms with Crippen molar-refractivity contribution in [1.29, 1.82) is 0 Å². The molecule has 2 nitrogen and oxygen atoms in total. The lowest BCUT2D eigenvalue weighted by Crippen LogP contribution is -2.47. The summed E-state index contributed by atoms with van der Waals surface area (Å²) < 4.78 is 1.19. The van der Waals surface area contributed by atoms with Gasteiger partial charge in [0.05, 0.1) is 0 Å². The molecule has 0 radical (unpaired) electrons. The van der Waals surface area contributed by atoms with Gasteiger partial charge in [0.15, 0.2) is 0 Å². The van der Waals surface area contributed by atoms with Gasteiger partial charge in [0, 0.05) is 43.7 Å². The van der Waals surface area contributed by atoms with Gasteiger partial charge in [-0.2, -0.15) is 0 Å². The third-order valence-corrected chi connectivity index (χ3v) is 6.16. The number of fused-ring (bicyclic) bond motifs is 2. The van der Waals surface area contributed by atoms with Crippen molar-refractivity contribution in [1.82, 2.24) is 9.80 Å². The van der Waals surface area contributed by atoms with E-state index in [1.807, 2.05) is 0 Å². The van der Waals surface area contributed by atoms with E-state index >= 15 is 0 Å². The molecule has 1 saturated carbocycles. The molecular weight excluding hydrogens is 336 g/mol. The molecule has 2 bridgehead atoms. The van der Waals surface area contributed by atoms with E-state index < -0.39 is 0 Å². The Bertz CT molecular complexity index is 548. The van der Waals surface area contributed by atoms with Crippen molar-refractivity contribution in [2.45, 2.75) is 19.4 Å². The van der Waals surface area contributed by atoms with Crippen molar-refractivity contribution < 1.29 is 0 Å². The van der Waals surface area contributed by atoms with Gasteiger partial charge in [-0.3, -0.25) is 4.90 Å². The Morgan fingerprint density at radius 1 is 1.00 bits per heavy atom. The quantitative estimate of drug-likeness (QED) is 0.753. The van der Waals surface area contributed by atoms with Crippen LogP contribution in [-0.4, -0.2) is 42.5 Å². The molecule has 2 aliphatic carbocycles. The van der Waals surface area contributed by atoms with E-state index in [0.717, 1.165) is 24.3 Å². The molecule has 0 N–H and O–H groups in total. The predicted octanol–water partition coefficient (Wildman–Crippen LogP) is 3.78. The van der Waals surface area contributed by atoms with Crippen LogP contribution in [0.15, 0.2) is 40.9 Å². The Labute approximate surface area is 142 Å². The standard InChI is InChI=1S/C19H25BrN2/c20-19-3-1-2-16(12-19)13-21-6-8-22(9-7-21)14-18-11-15-4-5-17(18)10-15/h1-5,12,15,17-18H,6-11,13-14H2. The molecule has 3 atom stereocenters. The second-order valence-corrected chi connectivity index (χ2v) is 8.16. The molecule has 1 aromatic rings. The molecule has 22 heavy (non-hydrogen) atoms. The van der Waals surface area contributed by atoms with Crippen molar-refractivity contribution in [3.05, 3.63) is 46.5 Å². The number of hydrogen-bond acceptors (Lipinski definition) is 2. The minimum Gasteiger partial charge on any atom is -0.300 e. The van der Waals surface area contributed by atoms with Gasteiger partial charge in [0.25, 0.3) is 0 Å². The summed E-state index contributed by atoms with van der Waals surface area (Å²) in [6.45, 7) is 7.32. The number of benzene rings is 1. The molecular formula is C19H25BrN2. The first-order valence-corrected chi connectivity index (χ1v) is 9.43. The highest BCUT2D eigenvalue weighted by molar-refractivity contribution is 9.10. The molecule has 3 aliphatic rings. The molecule has 3 heteroatoms. The van der Waals surface area contributed by atoms with Crippen molar-refractivity contribution in [3.63, 3.8) is 0 Å². The maximum atomic E-state index is 3.57. The maximum Gasteiger partial charge on any atom is 0.0235 e. The van der Waals surface area contributed by atoms with E-state index in [-0.39, 0.29) is 0 Å². The lowest BCUT2D eigenvalue weighted by molar-refractivity contribution is 0.108. The monoisotopic (exact) mass is 360 g/mol. The Morgan fingerprint density at radius 2 is 1.82 bits per heavy atom. The lowest BCUT2D eigenvalue weighted by Gasteiger charge is -2.37. The lowest BCUT2D eigenvalue weighted by atomic mass is 9.93. The van der Waals surface area contributed by atoms with E-state index in [0.29, 0.717) is 0 Å². The fraction of sp³-hybridized carbons (Fsp3) is 0.579. The number of nitrogens with zero attached hydrogens (tertiary/aromatic N) is 2. The van der Waals surface area contributed by atoms with E-state index in [9.17, 15) is 0 Å². The maximum absolute atomic E-state index is 3.57. The average Bonchev–Trinajstić information content (AvgIpc) is 3.12. The summed E-state index contributed by atoms with van der Waals surface area (Å²) in [6, 6.07) is 8.72. The summed E-state index contributed by atoms with van der Waals surface area (Å²) in [5.74, 6) is 2.74. The van der Waals surface area contributed by atoms with Crippen molar-refractivity contribution in [2.75, 3.05) is 32.7 Å². The van der Waals surface area contributed by atoms with Gasteiger partial charge in [0.2, 0.25) is 0 Å². The van der Waals surface area contributed by atoms with E-state index in [2.05, 4.69) is 62.1 Å². The van der Waals surface area contributed by atoms with Gasteiger partial charge in [-0.05, 0) is 48.3 Å². The summed E-state index contributed by atoms with van der Waals surface area (Å²) >= 11 is 3.57. The van der Waals surface area contributed by atoms with Crippen LogP contribution in [0, 0.1) is 17.8 Å². The third kappa shape index (κ3) is 3.32. The molecule has 1 heterocycles. The molecule has 4 rings (SSSR count). The number of piperazine rings is 1. The zero-order valence-corrected chi connectivity index (χ0v) is 14.7. The van der Waals surface area contributed by atoms with Crippen LogP contribution < -0.4 is 0 Å². The van der Waals surface area contributed by atoms with Crippen molar-refractivity contribution >= 4 is 15.9 Å². The number of allylic oxidation sites excluding steroid dienone is 2. The van der Waals surface area contributed by atoms with Gasteiger partial charge < -0.3 is 4.90 Å². The normalized spacial score (nSPS) is 32.0. The fourth-order valence-corrected chi connectivity index (χ4v) is 4.91. The topological polar surface area (TPSA) is 6.48 Å². The summed E-state index contributed by atoms with van der Waals surface area (Å²) in [4.78, 5) is 5.30. The average molecular weight is 361 g/mol. The van der Waals surface area contributed by atoms with Gasteiger partial charge in [0.1, 0.15) is 0 Å². The Balaban J connectivity index is 1.25. The summed E-state index contributed by atoms with van der Waals surface area (Å²) in [5, 5.41) is 0. The van der Waals surface area contributed by atoms with Gasteiger partial charge in [-0.1, -0.05) is 40.2 Å². The summed E-state index contributed by atoms with van der Waals surface area (Å²) in [7, 11) is 0. The largest absolute Gasteiger partial charge is 0.300 e. The first-order chi connectivity index (χ1) is 10.8. The van der Waals surface area contributed by atoms with Crippen molar-refractivity contribution in [2.24, 2.45) is 17.8 Å². The minimum atomic E-state index is 0.893. The molecule has 118 valence electrons. The van der Waals surface area contributed by atoms with E-state index in [4.69, 9.17) is 0 Å². The fourth-order valence-electron chi connectivity index (χ4n) is 4.46. The highest BCUT2D eigenvalue weighted by Crippen LogP contribution is 2.43. The molecule has 0 amide bonds. The minimum absolute atomic E-state index is 0.893. The Kier molecular flexibility index (Phi) is 4.38. The van der Waals surface area contributed by atoms with Crippen LogP contribution in [0.3, 0.4) is 0 Å². The summed E-state index contributed by atoms with van der Waals surface area (Å²) in [6.07, 6.45) is 7.83. The second kappa shape index (κ2) is 6.46. The molecule has 1 aliphatic heterocycles. The zero-order valence-electron chi connectivity index (χ0n) is 13.1. The number of hydrogen-bond donors (Lipinski definition) is 0. The van der Waals surface area contributed by atoms with Crippen LogP contribution in [0.5, 0.6) is 0 Å². The summed E-state index contributed by atoms with van der Waals surface area (Å²) in [5.41, 5.74) is 1.42. The second-order valence-electron chi connectivity index (χ2n) is 7.25. The Hall–Kier alpha value is -0.640. The van der Waals surface area contributed by atoms with Crippen molar-refractivity contribution in [3.8, 4) is 0 Å². The van der Waals surface area contributed by atoms with Crippen LogP contribution in [0.25, 0.3) is 0 Å². The van der Waals surface area contributed by atoms with Gasteiger partial charge >= 0.3 is 0 Å². The van der Waals surface area contributed by atoms with Gasteiger partial charge in [-0.25, -0.2) is 0 Å². The highest BCUT2D eigenvalue weighted by Gasteiger charge is 2.36. The number of rotatable bonds is 4. The van der Waals surface area contributed by atoms with E-state index in [1.54, 1.807) is 0 Å². The highest BCUT2D eigenvalue weighted by atomic mass is 79.9. The zero-order chi connectivity index (χ0) is 14.9. The number of halogens is 1. The molecule has 1 aromatic carbocycles. The molecule has 0 spiro atoms. The molecule has 3 unspecified atom stereocenters. The predicted molar refractivity (Wildman–Crippen MR) is 94.7 cm³/mol. The molecule has 0 aromatic heterocycles. The Morgan fingerprint density at radius 3 is 2.50 bits per heavy atom. The van der Waals surface area contributed by atoms with Gasteiger partial charge in [-0.15, -0.1) is 0 Å². The van der Waals surface area contributed by atoms with Crippen LogP contribution in [0.4, 0.5) is 0 Å². The van der Waals surface area contributed by atoms with Crippen LogP contribution >= 0.6 is 15.9 Å². The first-order valence-electron chi connectivity index (χ1n) is 8.64. The van der Waals surface area contributed by atoms with Crippen LogP contribution in [0.1, 0.15) is 18.4 Å². The van der Waals surface area contributed by atoms with Crippen LogP contribution in [-0.2, 0) is 6.54 Å². The smallest absolute Gasteiger partial charge is 0.0235 e. The molecule has 2 fully saturated rings.